The number of hydrogen-bond acceptors (Lipinski definition) is 4. The van der Waals surface area contributed by atoms with Crippen LogP contribution in [0.15, 0.2) is 45.6 Å². The zero-order valence-corrected chi connectivity index (χ0v) is 12.2. The quantitative estimate of drug-likeness (QED) is 0.776. The zero-order chi connectivity index (χ0) is 15.7. The van der Waals surface area contributed by atoms with E-state index in [-0.39, 0.29) is 23.2 Å². The number of nitrogens with one attached hydrogen (secondary N) is 2. The number of hydrogen-bond donors (Lipinski definition) is 2. The molecule has 0 spiro atoms. The highest BCUT2D eigenvalue weighted by Crippen LogP contribution is 2.17. The number of H-pyrrole nitrogens is 1. The van der Waals surface area contributed by atoms with Crippen molar-refractivity contribution in [2.75, 3.05) is 0 Å². The van der Waals surface area contributed by atoms with E-state index in [0.717, 1.165) is 5.76 Å². The highest BCUT2D eigenvalue weighted by atomic mass is 16.3. The third-order valence-corrected chi connectivity index (χ3v) is 3.45. The molecule has 0 saturated carbocycles. The molecule has 22 heavy (non-hydrogen) atoms. The fraction of sp³-hybridized carbons (Fsp3) is 0.188. The molecule has 0 radical (unpaired) electrons. The molecule has 3 aromatic rings. The van der Waals surface area contributed by atoms with Crippen LogP contribution in [0.1, 0.15) is 35.0 Å². The predicted molar refractivity (Wildman–Crippen MR) is 81.7 cm³/mol. The summed E-state index contributed by atoms with van der Waals surface area (Å²) < 4.78 is 5.50. The van der Waals surface area contributed by atoms with E-state index in [0.29, 0.717) is 16.5 Å². The van der Waals surface area contributed by atoms with Crippen LogP contribution in [0.4, 0.5) is 0 Å². The van der Waals surface area contributed by atoms with Gasteiger partial charge in [0.05, 0.1) is 11.4 Å². The maximum atomic E-state index is 12.4. The molecule has 6 heteroatoms. The van der Waals surface area contributed by atoms with Crippen LogP contribution in [0, 0.1) is 6.92 Å². The number of aromatic nitrogens is 2. The second-order valence-electron chi connectivity index (χ2n) is 5.09. The standard InChI is InChI=1S/C16H15N3O3/c1-9-7-8-13(22-9)10(2)17-16(21)14-11-5-3-4-6-12(11)15(20)19-18-14/h3-8,10H,1-2H3,(H,17,21)(H,19,20). The molecule has 1 atom stereocenters. The Hall–Kier alpha value is -2.89. The molecule has 1 unspecified atom stereocenters. The van der Waals surface area contributed by atoms with Crippen molar-refractivity contribution in [2.45, 2.75) is 19.9 Å². The molecule has 0 saturated heterocycles. The molecule has 0 aliphatic rings. The van der Waals surface area contributed by atoms with Gasteiger partial charge in [0.2, 0.25) is 0 Å². The Morgan fingerprint density at radius 1 is 1.23 bits per heavy atom. The first-order valence-electron chi connectivity index (χ1n) is 6.91. The van der Waals surface area contributed by atoms with E-state index in [9.17, 15) is 9.59 Å². The highest BCUT2D eigenvalue weighted by molar-refractivity contribution is 6.04. The topological polar surface area (TPSA) is 88.0 Å². The second kappa shape index (κ2) is 5.48. The van der Waals surface area contributed by atoms with Crippen molar-refractivity contribution in [2.24, 2.45) is 0 Å². The minimum Gasteiger partial charge on any atom is -0.464 e. The van der Waals surface area contributed by atoms with Crippen LogP contribution in [0.2, 0.25) is 0 Å². The first-order valence-corrected chi connectivity index (χ1v) is 6.91. The molecule has 0 bridgehead atoms. The van der Waals surface area contributed by atoms with Gasteiger partial charge in [0.25, 0.3) is 11.5 Å². The molecule has 112 valence electrons. The van der Waals surface area contributed by atoms with Gasteiger partial charge < -0.3 is 9.73 Å². The maximum absolute atomic E-state index is 12.4. The summed E-state index contributed by atoms with van der Waals surface area (Å²) in [6, 6.07) is 10.2. The largest absolute Gasteiger partial charge is 0.464 e. The van der Waals surface area contributed by atoms with Crippen molar-refractivity contribution in [1.29, 1.82) is 0 Å². The fourth-order valence-corrected chi connectivity index (χ4v) is 2.31. The van der Waals surface area contributed by atoms with E-state index in [2.05, 4.69) is 15.5 Å². The van der Waals surface area contributed by atoms with Crippen LogP contribution < -0.4 is 10.9 Å². The summed E-state index contributed by atoms with van der Waals surface area (Å²) in [6.07, 6.45) is 0. The monoisotopic (exact) mass is 297 g/mol. The lowest BCUT2D eigenvalue weighted by Gasteiger charge is -2.12. The zero-order valence-electron chi connectivity index (χ0n) is 12.2. The number of carbonyl (C=O) groups excluding carboxylic acids is 1. The van der Waals surface area contributed by atoms with Crippen molar-refractivity contribution in [3.8, 4) is 0 Å². The Morgan fingerprint density at radius 3 is 2.64 bits per heavy atom. The summed E-state index contributed by atoms with van der Waals surface area (Å²) in [4.78, 5) is 24.2. The van der Waals surface area contributed by atoms with Gasteiger partial charge in [-0.3, -0.25) is 9.59 Å². The molecule has 0 aliphatic heterocycles. The Labute approximate surface area is 126 Å². The highest BCUT2D eigenvalue weighted by Gasteiger charge is 2.18. The molecular formula is C16H15N3O3. The van der Waals surface area contributed by atoms with Gasteiger partial charge in [-0.05, 0) is 32.0 Å². The van der Waals surface area contributed by atoms with Gasteiger partial charge in [0.15, 0.2) is 5.69 Å². The smallest absolute Gasteiger partial charge is 0.272 e. The van der Waals surface area contributed by atoms with Gasteiger partial charge in [0.1, 0.15) is 11.5 Å². The summed E-state index contributed by atoms with van der Waals surface area (Å²) >= 11 is 0. The SMILES string of the molecule is Cc1ccc(C(C)NC(=O)c2n[nH]c(=O)c3ccccc23)o1. The summed E-state index contributed by atoms with van der Waals surface area (Å²) in [7, 11) is 0. The Bertz CT molecular complexity index is 895. The molecule has 6 nitrogen and oxygen atoms in total. The Kier molecular flexibility index (Phi) is 3.50. The third-order valence-electron chi connectivity index (χ3n) is 3.45. The number of amides is 1. The molecule has 1 amide bonds. The molecule has 0 aliphatic carbocycles. The van der Waals surface area contributed by atoms with Crippen LogP contribution in [-0.2, 0) is 0 Å². The lowest BCUT2D eigenvalue weighted by Crippen LogP contribution is -2.28. The lowest BCUT2D eigenvalue weighted by atomic mass is 10.1. The summed E-state index contributed by atoms with van der Waals surface area (Å²) in [5.74, 6) is 1.08. The first-order chi connectivity index (χ1) is 10.6. The van der Waals surface area contributed by atoms with Crippen LogP contribution >= 0.6 is 0 Å². The number of carbonyl (C=O) groups is 1. The van der Waals surface area contributed by atoms with E-state index < -0.39 is 0 Å². The minimum atomic E-state index is -0.367. The van der Waals surface area contributed by atoms with Crippen LogP contribution in [0.25, 0.3) is 10.8 Å². The van der Waals surface area contributed by atoms with Crippen molar-refractivity contribution < 1.29 is 9.21 Å². The van der Waals surface area contributed by atoms with Crippen molar-refractivity contribution in [3.05, 3.63) is 64.0 Å². The number of rotatable bonds is 3. The van der Waals surface area contributed by atoms with Crippen LogP contribution in [0.3, 0.4) is 0 Å². The number of aryl methyl sites for hydroxylation is 1. The van der Waals surface area contributed by atoms with E-state index in [1.807, 2.05) is 26.0 Å². The molecule has 1 aromatic carbocycles. The number of aromatic amines is 1. The molecule has 0 fully saturated rings. The number of nitrogens with zero attached hydrogens (tertiary/aromatic N) is 1. The average Bonchev–Trinajstić information content (AvgIpc) is 2.94. The first kappa shape index (κ1) is 14.1. The minimum absolute atomic E-state index is 0.185. The number of fused-ring (bicyclic) bond motifs is 1. The average molecular weight is 297 g/mol. The predicted octanol–water partition coefficient (Wildman–Crippen LogP) is 2.32. The van der Waals surface area contributed by atoms with E-state index in [4.69, 9.17) is 4.42 Å². The van der Waals surface area contributed by atoms with Gasteiger partial charge in [-0.15, -0.1) is 0 Å². The van der Waals surface area contributed by atoms with Gasteiger partial charge in [-0.2, -0.15) is 5.10 Å². The lowest BCUT2D eigenvalue weighted by molar-refractivity contribution is 0.0931. The Morgan fingerprint density at radius 2 is 1.95 bits per heavy atom. The maximum Gasteiger partial charge on any atom is 0.272 e. The summed E-state index contributed by atoms with van der Waals surface area (Å²) in [5, 5.41) is 10.0. The van der Waals surface area contributed by atoms with Crippen LogP contribution in [-0.4, -0.2) is 16.1 Å². The van der Waals surface area contributed by atoms with Gasteiger partial charge in [-0.1, -0.05) is 18.2 Å². The van der Waals surface area contributed by atoms with Gasteiger partial charge in [-0.25, -0.2) is 5.10 Å². The Balaban J connectivity index is 1.93. The summed E-state index contributed by atoms with van der Waals surface area (Å²) in [6.45, 7) is 3.67. The normalized spacial score (nSPS) is 12.3. The second-order valence-corrected chi connectivity index (χ2v) is 5.09. The number of benzene rings is 1. The molecular weight excluding hydrogens is 282 g/mol. The summed E-state index contributed by atoms with van der Waals surface area (Å²) in [5.41, 5.74) is -0.132. The fourth-order valence-electron chi connectivity index (χ4n) is 2.31. The molecule has 2 N–H and O–H groups in total. The van der Waals surface area contributed by atoms with Gasteiger partial charge >= 0.3 is 0 Å². The third kappa shape index (κ3) is 2.50. The van der Waals surface area contributed by atoms with Crippen molar-refractivity contribution >= 4 is 16.7 Å². The van der Waals surface area contributed by atoms with Crippen molar-refractivity contribution in [1.82, 2.24) is 15.5 Å². The molecule has 2 heterocycles. The van der Waals surface area contributed by atoms with E-state index in [1.165, 1.54) is 0 Å². The van der Waals surface area contributed by atoms with Crippen molar-refractivity contribution in [3.63, 3.8) is 0 Å². The van der Waals surface area contributed by atoms with E-state index in [1.54, 1.807) is 24.3 Å². The van der Waals surface area contributed by atoms with Crippen LogP contribution in [0.5, 0.6) is 0 Å². The van der Waals surface area contributed by atoms with Gasteiger partial charge in [0, 0.05) is 5.39 Å². The molecule has 3 rings (SSSR count). The number of furan rings is 1. The van der Waals surface area contributed by atoms with E-state index >= 15 is 0 Å². The molecule has 2 aromatic heterocycles.